The molecule has 1 aromatic carbocycles. The van der Waals surface area contributed by atoms with Crippen LogP contribution in [0.5, 0.6) is 0 Å². The monoisotopic (exact) mass is 504 g/mol. The van der Waals surface area contributed by atoms with E-state index >= 15 is 0 Å². The lowest BCUT2D eigenvalue weighted by Gasteiger charge is -2.35. The van der Waals surface area contributed by atoms with Gasteiger partial charge in [0.25, 0.3) is 5.91 Å². The van der Waals surface area contributed by atoms with E-state index in [1.165, 1.54) is 12.4 Å². The van der Waals surface area contributed by atoms with Crippen molar-refractivity contribution in [2.75, 3.05) is 31.1 Å². The van der Waals surface area contributed by atoms with Gasteiger partial charge in [0, 0.05) is 49.6 Å². The summed E-state index contributed by atoms with van der Waals surface area (Å²) in [6, 6.07) is 0.825. The highest BCUT2D eigenvalue weighted by Crippen LogP contribution is 2.34. The van der Waals surface area contributed by atoms with Gasteiger partial charge in [0.05, 0.1) is 11.6 Å². The van der Waals surface area contributed by atoms with Crippen LogP contribution >= 0.6 is 0 Å². The molecule has 9 nitrogen and oxygen atoms in total. The Hall–Kier alpha value is -3.41. The molecule has 0 bridgehead atoms. The van der Waals surface area contributed by atoms with Gasteiger partial charge in [-0.15, -0.1) is 0 Å². The van der Waals surface area contributed by atoms with E-state index in [0.717, 1.165) is 44.8 Å². The number of piperidine rings is 1. The summed E-state index contributed by atoms with van der Waals surface area (Å²) in [5, 5.41) is 14.9. The molecule has 36 heavy (non-hydrogen) atoms. The summed E-state index contributed by atoms with van der Waals surface area (Å²) < 4.78 is 41.8. The Bertz CT molecular complexity index is 1140. The van der Waals surface area contributed by atoms with Gasteiger partial charge in [0.2, 0.25) is 5.95 Å². The molecular weight excluding hydrogens is 477 g/mol. The number of aromatic nitrogens is 2. The number of carboxylic acid groups (broad SMARTS) is 1. The van der Waals surface area contributed by atoms with Gasteiger partial charge in [-0.1, -0.05) is 0 Å². The molecule has 2 unspecified atom stereocenters. The summed E-state index contributed by atoms with van der Waals surface area (Å²) in [7, 11) is 0. The highest BCUT2D eigenvalue weighted by atomic mass is 19.2. The molecule has 192 valence electrons. The molecule has 2 amide bonds. The molecule has 5 rings (SSSR count). The zero-order valence-corrected chi connectivity index (χ0v) is 19.5. The zero-order valence-electron chi connectivity index (χ0n) is 19.5. The molecule has 2 aromatic rings. The number of carbonyl (C=O) groups is 2. The van der Waals surface area contributed by atoms with Crippen molar-refractivity contribution >= 4 is 17.9 Å². The maximum Gasteiger partial charge on any atom is 0.404 e. The van der Waals surface area contributed by atoms with Crippen molar-refractivity contribution in [3.63, 3.8) is 0 Å². The summed E-state index contributed by atoms with van der Waals surface area (Å²) in [5.41, 5.74) is 0.232. The molecule has 1 aliphatic carbocycles. The molecule has 2 atom stereocenters. The van der Waals surface area contributed by atoms with Crippen molar-refractivity contribution in [3.05, 3.63) is 53.1 Å². The minimum absolute atomic E-state index is 0.0729. The van der Waals surface area contributed by atoms with Crippen LogP contribution in [0.1, 0.15) is 47.5 Å². The van der Waals surface area contributed by atoms with Gasteiger partial charge >= 0.3 is 6.09 Å². The Balaban J connectivity index is 1.35. The molecule has 12 heteroatoms. The largest absolute Gasteiger partial charge is 0.465 e. The Morgan fingerprint density at radius 3 is 2.25 bits per heavy atom. The van der Waals surface area contributed by atoms with Gasteiger partial charge in [-0.25, -0.2) is 27.9 Å². The summed E-state index contributed by atoms with van der Waals surface area (Å²) in [4.78, 5) is 36.9. The molecule has 1 aromatic heterocycles. The molecule has 2 aliphatic heterocycles. The molecule has 1 saturated carbocycles. The van der Waals surface area contributed by atoms with E-state index in [2.05, 4.69) is 20.6 Å². The molecular formula is C24H27F3N6O3. The normalized spacial score (nSPS) is 22.5. The fraction of sp³-hybridized carbons (Fsp3) is 0.500. The van der Waals surface area contributed by atoms with Crippen LogP contribution in [0.15, 0.2) is 24.5 Å². The molecule has 0 spiro atoms. The van der Waals surface area contributed by atoms with Gasteiger partial charge < -0.3 is 25.5 Å². The summed E-state index contributed by atoms with van der Waals surface area (Å²) in [6.07, 6.45) is 5.35. The lowest BCUT2D eigenvalue weighted by molar-refractivity contribution is 0.0622. The first-order valence-electron chi connectivity index (χ1n) is 12.1. The van der Waals surface area contributed by atoms with Crippen LogP contribution in [0.3, 0.4) is 0 Å². The number of hydrogen-bond acceptors (Lipinski definition) is 6. The number of amides is 2. The first-order chi connectivity index (χ1) is 17.3. The molecule has 3 fully saturated rings. The average molecular weight is 505 g/mol. The number of nitrogens with zero attached hydrogens (tertiary/aromatic N) is 4. The first kappa shape index (κ1) is 24.3. The fourth-order valence-corrected chi connectivity index (χ4v) is 5.22. The highest BCUT2D eigenvalue weighted by Gasteiger charge is 2.40. The molecule has 3 N–H and O–H groups in total. The summed E-state index contributed by atoms with van der Waals surface area (Å²) in [6.45, 7) is 1.91. The molecule has 3 heterocycles. The van der Waals surface area contributed by atoms with E-state index in [-0.39, 0.29) is 42.6 Å². The van der Waals surface area contributed by atoms with Crippen LogP contribution < -0.4 is 15.5 Å². The topological polar surface area (TPSA) is 111 Å². The maximum absolute atomic E-state index is 14.5. The van der Waals surface area contributed by atoms with Crippen molar-refractivity contribution < 1.29 is 27.9 Å². The second kappa shape index (κ2) is 9.92. The van der Waals surface area contributed by atoms with Crippen LogP contribution in [0.4, 0.5) is 23.9 Å². The number of anilines is 1. The van der Waals surface area contributed by atoms with Crippen molar-refractivity contribution in [1.29, 1.82) is 0 Å². The minimum atomic E-state index is -1.32. The Kier molecular flexibility index (Phi) is 6.69. The first-order valence-corrected chi connectivity index (χ1v) is 12.1. The third kappa shape index (κ3) is 4.95. The van der Waals surface area contributed by atoms with Crippen molar-refractivity contribution in [3.8, 4) is 0 Å². The van der Waals surface area contributed by atoms with E-state index in [1.807, 2.05) is 4.90 Å². The Morgan fingerprint density at radius 1 is 0.972 bits per heavy atom. The lowest BCUT2D eigenvalue weighted by atomic mass is 9.93. The van der Waals surface area contributed by atoms with Crippen LogP contribution in [0.2, 0.25) is 0 Å². The van der Waals surface area contributed by atoms with Crippen LogP contribution in [-0.2, 0) is 0 Å². The molecule has 2 saturated heterocycles. The van der Waals surface area contributed by atoms with Gasteiger partial charge in [-0.3, -0.25) is 4.79 Å². The van der Waals surface area contributed by atoms with Crippen molar-refractivity contribution in [2.24, 2.45) is 0 Å². The highest BCUT2D eigenvalue weighted by molar-refractivity contribution is 5.94. The maximum atomic E-state index is 14.5. The second-order valence-corrected chi connectivity index (χ2v) is 9.55. The third-order valence-corrected chi connectivity index (χ3v) is 7.11. The minimum Gasteiger partial charge on any atom is -0.465 e. The summed E-state index contributed by atoms with van der Waals surface area (Å²) >= 11 is 0. The van der Waals surface area contributed by atoms with E-state index in [1.54, 1.807) is 4.90 Å². The van der Waals surface area contributed by atoms with Gasteiger partial charge in [-0.2, -0.15) is 0 Å². The van der Waals surface area contributed by atoms with E-state index in [0.29, 0.717) is 11.6 Å². The standard InChI is InChI=1S/C24H27F3N6O3/c25-18-8-20(27)19(26)7-16(18)17-11-32(12-21(17)31-24(35)36)23-29-9-13(10-30-23)22(34)33(14-1-2-14)15-3-5-28-6-4-15/h7-10,14-15,17,21,28,31H,1-6,11-12H2,(H,35,36). The van der Waals surface area contributed by atoms with Crippen molar-refractivity contribution in [2.45, 2.75) is 49.7 Å². The second-order valence-electron chi connectivity index (χ2n) is 9.55. The Labute approximate surface area is 205 Å². The van der Waals surface area contributed by atoms with Crippen LogP contribution in [-0.4, -0.2) is 76.3 Å². The fourth-order valence-electron chi connectivity index (χ4n) is 5.22. The van der Waals surface area contributed by atoms with E-state index in [4.69, 9.17) is 0 Å². The van der Waals surface area contributed by atoms with Crippen LogP contribution in [0.25, 0.3) is 0 Å². The van der Waals surface area contributed by atoms with Crippen LogP contribution in [0, 0.1) is 17.5 Å². The number of halogens is 3. The third-order valence-electron chi connectivity index (χ3n) is 7.11. The van der Waals surface area contributed by atoms with Gasteiger partial charge in [0.1, 0.15) is 5.82 Å². The number of nitrogens with one attached hydrogen (secondary N) is 2. The summed E-state index contributed by atoms with van der Waals surface area (Å²) in [5.74, 6) is -4.17. The number of hydrogen-bond donors (Lipinski definition) is 3. The quantitative estimate of drug-likeness (QED) is 0.519. The molecule has 3 aliphatic rings. The number of rotatable bonds is 6. The SMILES string of the molecule is O=C(O)NC1CN(c2ncc(C(=O)N(C3CCNCC3)C3CC3)cn2)CC1c1cc(F)c(F)cc1F. The lowest BCUT2D eigenvalue weighted by Crippen LogP contribution is -2.47. The van der Waals surface area contributed by atoms with Gasteiger partial charge in [-0.05, 0) is 50.4 Å². The van der Waals surface area contributed by atoms with E-state index < -0.39 is 35.5 Å². The average Bonchev–Trinajstić information content (AvgIpc) is 3.61. The number of benzene rings is 1. The predicted molar refractivity (Wildman–Crippen MR) is 123 cm³/mol. The van der Waals surface area contributed by atoms with Gasteiger partial charge in [0.15, 0.2) is 11.6 Å². The Morgan fingerprint density at radius 2 is 1.61 bits per heavy atom. The number of carbonyl (C=O) groups excluding carboxylic acids is 1. The smallest absolute Gasteiger partial charge is 0.404 e. The zero-order chi connectivity index (χ0) is 25.4. The van der Waals surface area contributed by atoms with E-state index in [9.17, 15) is 27.9 Å². The van der Waals surface area contributed by atoms with Crippen molar-refractivity contribution in [1.82, 2.24) is 25.5 Å². The predicted octanol–water partition coefficient (Wildman–Crippen LogP) is 2.49. The molecule has 0 radical (unpaired) electrons.